The Morgan fingerprint density at radius 2 is 2.40 bits per heavy atom. The molecule has 7 heteroatoms. The van der Waals surface area contributed by atoms with Crippen LogP contribution in [0.2, 0.25) is 0 Å². The Labute approximate surface area is 56.3 Å². The highest BCUT2D eigenvalue weighted by Gasteiger charge is 1.97. The van der Waals surface area contributed by atoms with Crippen molar-refractivity contribution in [1.82, 2.24) is 15.2 Å². The number of H-pyrrole nitrogens is 1. The number of hydrogen-bond donors (Lipinski definition) is 5. The Morgan fingerprint density at radius 3 is 2.80 bits per heavy atom. The number of anilines is 2. The van der Waals surface area contributed by atoms with Gasteiger partial charge in [-0.3, -0.25) is 10.7 Å². The predicted molar refractivity (Wildman–Crippen MR) is 36.3 cm³/mol. The van der Waals surface area contributed by atoms with Crippen LogP contribution in [-0.4, -0.2) is 21.1 Å². The van der Waals surface area contributed by atoms with Gasteiger partial charge in [0.25, 0.3) is 0 Å². The highest BCUT2D eigenvalue weighted by atomic mass is 15.3. The van der Waals surface area contributed by atoms with E-state index >= 15 is 0 Å². The van der Waals surface area contributed by atoms with Crippen LogP contribution in [0.5, 0.6) is 0 Å². The van der Waals surface area contributed by atoms with E-state index in [-0.39, 0.29) is 17.9 Å². The lowest BCUT2D eigenvalue weighted by atomic mass is 10.9. The Bertz CT molecular complexity index is 237. The fourth-order valence-corrected chi connectivity index (χ4v) is 0.458. The van der Waals surface area contributed by atoms with Gasteiger partial charge in [-0.1, -0.05) is 0 Å². The topological polar surface area (TPSA) is 129 Å². The van der Waals surface area contributed by atoms with E-state index < -0.39 is 0 Å². The standard InChI is InChI=1S/C3H7N7/c4-1(5)7-3-8-2(6)9-10-3/h(H7,4,5,6,7,8,9,10). The summed E-state index contributed by atoms with van der Waals surface area (Å²) in [6, 6.07) is 0. The third-order valence-electron chi connectivity index (χ3n) is 0.756. The van der Waals surface area contributed by atoms with E-state index in [1.54, 1.807) is 0 Å². The zero-order chi connectivity index (χ0) is 7.56. The van der Waals surface area contributed by atoms with Gasteiger partial charge in [0.05, 0.1) is 0 Å². The van der Waals surface area contributed by atoms with Crippen LogP contribution in [0.4, 0.5) is 11.9 Å². The molecule has 0 spiro atoms. The average molecular weight is 141 g/mol. The first kappa shape index (κ1) is 6.33. The summed E-state index contributed by atoms with van der Waals surface area (Å²) in [5.41, 5.74) is 10.1. The van der Waals surface area contributed by atoms with Crippen molar-refractivity contribution in [1.29, 1.82) is 5.41 Å². The predicted octanol–water partition coefficient (Wildman–Crippen LogP) is -1.31. The van der Waals surface area contributed by atoms with Crippen LogP contribution in [0, 0.1) is 5.41 Å². The van der Waals surface area contributed by atoms with E-state index in [1.165, 1.54) is 0 Å². The molecular formula is C3H7N7. The van der Waals surface area contributed by atoms with E-state index in [1.807, 2.05) is 0 Å². The van der Waals surface area contributed by atoms with Gasteiger partial charge in [-0.15, -0.1) is 5.10 Å². The number of nitrogens with one attached hydrogen (secondary N) is 3. The van der Waals surface area contributed by atoms with Gasteiger partial charge >= 0.3 is 0 Å². The molecule has 7 N–H and O–H groups in total. The smallest absolute Gasteiger partial charge is 0.241 e. The van der Waals surface area contributed by atoms with Crippen molar-refractivity contribution in [3.05, 3.63) is 0 Å². The molecule has 0 aliphatic rings. The lowest BCUT2D eigenvalue weighted by Crippen LogP contribution is -2.21. The zero-order valence-corrected chi connectivity index (χ0v) is 5.05. The first-order valence-corrected chi connectivity index (χ1v) is 2.47. The Hall–Kier alpha value is -1.79. The maximum Gasteiger partial charge on any atom is 0.241 e. The maximum absolute atomic E-state index is 6.78. The molecule has 0 atom stereocenters. The van der Waals surface area contributed by atoms with Gasteiger partial charge in [0.1, 0.15) is 0 Å². The van der Waals surface area contributed by atoms with Crippen molar-refractivity contribution in [3.8, 4) is 0 Å². The summed E-state index contributed by atoms with van der Waals surface area (Å²) in [5, 5.41) is 15.1. The number of aromatic nitrogens is 3. The average Bonchev–Trinajstić information content (AvgIpc) is 2.13. The Kier molecular flexibility index (Phi) is 1.40. The lowest BCUT2D eigenvalue weighted by molar-refractivity contribution is 1.10. The quantitative estimate of drug-likeness (QED) is 0.245. The van der Waals surface area contributed by atoms with Crippen LogP contribution in [0.1, 0.15) is 0 Å². The van der Waals surface area contributed by atoms with Gasteiger partial charge in [0, 0.05) is 0 Å². The first-order chi connectivity index (χ1) is 4.68. The van der Waals surface area contributed by atoms with Crippen LogP contribution in [-0.2, 0) is 0 Å². The minimum atomic E-state index is -0.212. The van der Waals surface area contributed by atoms with Gasteiger partial charge in [-0.2, -0.15) is 4.98 Å². The summed E-state index contributed by atoms with van der Waals surface area (Å²) in [7, 11) is 0. The van der Waals surface area contributed by atoms with E-state index in [9.17, 15) is 0 Å². The Morgan fingerprint density at radius 1 is 1.70 bits per heavy atom. The number of nitrogens with two attached hydrogens (primary N) is 2. The van der Waals surface area contributed by atoms with Gasteiger partial charge in [0.15, 0.2) is 5.96 Å². The lowest BCUT2D eigenvalue weighted by Gasteiger charge is -1.94. The minimum Gasteiger partial charge on any atom is -0.370 e. The molecule has 0 saturated carbocycles. The van der Waals surface area contributed by atoms with Crippen LogP contribution < -0.4 is 16.8 Å². The molecule has 1 aromatic rings. The first-order valence-electron chi connectivity index (χ1n) is 2.47. The molecule has 0 aliphatic heterocycles. The molecule has 1 rings (SSSR count). The van der Waals surface area contributed by atoms with Gasteiger partial charge < -0.3 is 11.5 Å². The highest BCUT2D eigenvalue weighted by molar-refractivity contribution is 5.87. The minimum absolute atomic E-state index is 0.115. The molecule has 54 valence electrons. The number of guanidine groups is 1. The second-order valence-electron chi connectivity index (χ2n) is 1.58. The SMILES string of the molecule is N=C(N)Nc1nc(N)n[nH]1. The van der Waals surface area contributed by atoms with Crippen molar-refractivity contribution in [2.75, 3.05) is 11.1 Å². The third kappa shape index (κ3) is 1.34. The number of nitrogen functional groups attached to an aromatic ring is 1. The number of hydrogen-bond acceptors (Lipinski definition) is 4. The van der Waals surface area contributed by atoms with Crippen molar-refractivity contribution in [3.63, 3.8) is 0 Å². The normalized spacial score (nSPS) is 9.20. The maximum atomic E-state index is 6.78. The van der Waals surface area contributed by atoms with Crippen molar-refractivity contribution < 1.29 is 0 Å². The summed E-state index contributed by atoms with van der Waals surface area (Å²) >= 11 is 0. The van der Waals surface area contributed by atoms with Crippen LogP contribution in [0.3, 0.4) is 0 Å². The molecule has 1 aromatic heterocycles. The van der Waals surface area contributed by atoms with E-state index in [4.69, 9.17) is 16.9 Å². The fourth-order valence-electron chi connectivity index (χ4n) is 0.458. The van der Waals surface area contributed by atoms with Crippen molar-refractivity contribution in [2.45, 2.75) is 0 Å². The van der Waals surface area contributed by atoms with E-state index in [0.717, 1.165) is 0 Å². The summed E-state index contributed by atoms with van der Waals surface area (Å²) < 4.78 is 0. The molecule has 0 unspecified atom stereocenters. The van der Waals surface area contributed by atoms with Gasteiger partial charge in [-0.25, -0.2) is 5.10 Å². The summed E-state index contributed by atoms with van der Waals surface area (Å²) in [4.78, 5) is 3.63. The zero-order valence-electron chi connectivity index (χ0n) is 5.05. The molecule has 0 aromatic carbocycles. The summed E-state index contributed by atoms with van der Waals surface area (Å²) in [6.45, 7) is 0. The molecular weight excluding hydrogens is 134 g/mol. The summed E-state index contributed by atoms with van der Waals surface area (Å²) in [6.07, 6.45) is 0. The molecule has 0 fully saturated rings. The fraction of sp³-hybridized carbons (Fsp3) is 0. The molecule has 0 amide bonds. The molecule has 0 aliphatic carbocycles. The van der Waals surface area contributed by atoms with Crippen LogP contribution in [0.15, 0.2) is 0 Å². The largest absolute Gasteiger partial charge is 0.370 e. The second kappa shape index (κ2) is 2.21. The number of nitrogens with zero attached hydrogens (tertiary/aromatic N) is 2. The Balaban J connectivity index is 2.67. The van der Waals surface area contributed by atoms with Crippen LogP contribution >= 0.6 is 0 Å². The van der Waals surface area contributed by atoms with Crippen LogP contribution in [0.25, 0.3) is 0 Å². The van der Waals surface area contributed by atoms with E-state index in [0.29, 0.717) is 0 Å². The third-order valence-corrected chi connectivity index (χ3v) is 0.756. The van der Waals surface area contributed by atoms with Gasteiger partial charge in [0.2, 0.25) is 11.9 Å². The van der Waals surface area contributed by atoms with Crippen molar-refractivity contribution >= 4 is 17.9 Å². The number of rotatable bonds is 1. The molecule has 10 heavy (non-hydrogen) atoms. The highest BCUT2D eigenvalue weighted by Crippen LogP contribution is 1.96. The number of aromatic amines is 1. The molecule has 7 nitrogen and oxygen atoms in total. The van der Waals surface area contributed by atoms with Gasteiger partial charge in [-0.05, 0) is 0 Å². The molecule has 1 heterocycles. The second-order valence-corrected chi connectivity index (χ2v) is 1.58. The molecule has 0 bridgehead atoms. The monoisotopic (exact) mass is 141 g/mol. The molecule has 0 radical (unpaired) electrons. The summed E-state index contributed by atoms with van der Waals surface area (Å²) in [5.74, 6) is 0.171. The van der Waals surface area contributed by atoms with Crippen molar-refractivity contribution in [2.24, 2.45) is 5.73 Å². The molecule has 0 saturated heterocycles. The van der Waals surface area contributed by atoms with E-state index in [2.05, 4.69) is 20.5 Å².